The van der Waals surface area contributed by atoms with Gasteiger partial charge >= 0.3 is 0 Å². The van der Waals surface area contributed by atoms with Gasteiger partial charge in [-0.2, -0.15) is 0 Å². The minimum Gasteiger partial charge on any atom is -0.330 e. The summed E-state index contributed by atoms with van der Waals surface area (Å²) in [4.78, 5) is 2.69. The summed E-state index contributed by atoms with van der Waals surface area (Å²) in [5.41, 5.74) is 9.15. The van der Waals surface area contributed by atoms with Crippen molar-refractivity contribution in [2.75, 3.05) is 19.6 Å². The average Bonchev–Trinajstić information content (AvgIpc) is 3.35. The molecule has 1 aliphatic carbocycles. The molecule has 2 atom stereocenters. The predicted octanol–water partition coefficient (Wildman–Crippen LogP) is 4.08. The lowest BCUT2D eigenvalue weighted by Gasteiger charge is -2.35. The van der Waals surface area contributed by atoms with Gasteiger partial charge in [-0.05, 0) is 74.7 Å². The van der Waals surface area contributed by atoms with Crippen molar-refractivity contribution in [2.24, 2.45) is 11.7 Å². The van der Waals surface area contributed by atoms with Gasteiger partial charge in [-0.25, -0.2) is 0 Å². The second-order valence-electron chi connectivity index (χ2n) is 6.91. The van der Waals surface area contributed by atoms with Crippen molar-refractivity contribution in [1.82, 2.24) is 4.90 Å². The Morgan fingerprint density at radius 2 is 1.76 bits per heavy atom. The van der Waals surface area contributed by atoms with Crippen molar-refractivity contribution in [2.45, 2.75) is 57.4 Å². The highest BCUT2D eigenvalue weighted by atomic mass is 15.2. The highest BCUT2D eigenvalue weighted by molar-refractivity contribution is 5.30. The van der Waals surface area contributed by atoms with Crippen molar-refractivity contribution < 1.29 is 0 Å². The second kappa shape index (κ2) is 6.93. The SMILES string of the molecule is CCCN1CCCCC(CN)C1c1ccc(C2CC2)cc1. The Morgan fingerprint density at radius 3 is 2.38 bits per heavy atom. The van der Waals surface area contributed by atoms with E-state index in [9.17, 15) is 0 Å². The zero-order valence-corrected chi connectivity index (χ0v) is 13.4. The molecule has 0 radical (unpaired) electrons. The Balaban J connectivity index is 1.84. The van der Waals surface area contributed by atoms with Crippen LogP contribution in [0.25, 0.3) is 0 Å². The van der Waals surface area contributed by atoms with Crippen LogP contribution in [0.4, 0.5) is 0 Å². The van der Waals surface area contributed by atoms with Crippen molar-refractivity contribution in [1.29, 1.82) is 0 Å². The monoisotopic (exact) mass is 286 g/mol. The van der Waals surface area contributed by atoms with Crippen LogP contribution in [0.3, 0.4) is 0 Å². The van der Waals surface area contributed by atoms with Crippen LogP contribution in [-0.4, -0.2) is 24.5 Å². The molecule has 2 unspecified atom stereocenters. The maximum Gasteiger partial charge on any atom is 0.0388 e. The van der Waals surface area contributed by atoms with Crippen molar-refractivity contribution in [3.63, 3.8) is 0 Å². The van der Waals surface area contributed by atoms with Crippen LogP contribution in [0.1, 0.15) is 68.5 Å². The van der Waals surface area contributed by atoms with E-state index in [0.29, 0.717) is 12.0 Å². The Morgan fingerprint density at radius 1 is 1.05 bits per heavy atom. The van der Waals surface area contributed by atoms with E-state index in [4.69, 9.17) is 5.73 Å². The molecule has 1 aliphatic heterocycles. The van der Waals surface area contributed by atoms with E-state index in [0.717, 1.165) is 12.5 Å². The van der Waals surface area contributed by atoms with Gasteiger partial charge in [0.1, 0.15) is 0 Å². The van der Waals surface area contributed by atoms with Crippen molar-refractivity contribution in [3.8, 4) is 0 Å². The normalized spacial score (nSPS) is 27.5. The minimum atomic E-state index is 0.533. The Labute approximate surface area is 129 Å². The summed E-state index contributed by atoms with van der Waals surface area (Å²) in [6, 6.07) is 10.0. The molecule has 1 saturated carbocycles. The molecular formula is C19H30N2. The number of hydrogen-bond acceptors (Lipinski definition) is 2. The summed E-state index contributed by atoms with van der Waals surface area (Å²) in [6.45, 7) is 5.54. The molecule has 0 spiro atoms. The summed E-state index contributed by atoms with van der Waals surface area (Å²) >= 11 is 0. The van der Waals surface area contributed by atoms with Crippen LogP contribution in [0.2, 0.25) is 0 Å². The molecule has 1 aromatic carbocycles. The molecule has 2 fully saturated rings. The quantitative estimate of drug-likeness (QED) is 0.884. The lowest BCUT2D eigenvalue weighted by molar-refractivity contribution is 0.158. The number of nitrogens with zero attached hydrogens (tertiary/aromatic N) is 1. The summed E-state index contributed by atoms with van der Waals surface area (Å²) in [5.74, 6) is 1.47. The predicted molar refractivity (Wildman–Crippen MR) is 89.4 cm³/mol. The van der Waals surface area contributed by atoms with E-state index in [2.05, 4.69) is 36.1 Å². The fourth-order valence-corrected chi connectivity index (χ4v) is 3.97. The molecule has 2 heteroatoms. The van der Waals surface area contributed by atoms with Crippen LogP contribution in [0, 0.1) is 5.92 Å². The highest BCUT2D eigenvalue weighted by Gasteiger charge is 2.30. The molecule has 0 aromatic heterocycles. The second-order valence-corrected chi connectivity index (χ2v) is 6.91. The molecule has 1 aromatic rings. The first-order valence-corrected chi connectivity index (χ1v) is 8.87. The first-order chi connectivity index (χ1) is 10.3. The smallest absolute Gasteiger partial charge is 0.0388 e. The molecule has 2 aliphatic rings. The zero-order valence-electron chi connectivity index (χ0n) is 13.4. The third kappa shape index (κ3) is 3.49. The molecule has 2 N–H and O–H groups in total. The van der Waals surface area contributed by atoms with Gasteiger partial charge in [0.05, 0.1) is 0 Å². The van der Waals surface area contributed by atoms with Crippen LogP contribution in [0.15, 0.2) is 24.3 Å². The summed E-state index contributed by atoms with van der Waals surface area (Å²) in [7, 11) is 0. The third-order valence-corrected chi connectivity index (χ3v) is 5.25. The molecule has 3 rings (SSSR count). The number of likely N-dealkylation sites (tertiary alicyclic amines) is 1. The van der Waals surface area contributed by atoms with Gasteiger partial charge in [0, 0.05) is 6.04 Å². The standard InChI is InChI=1S/C19H30N2/c1-2-12-21-13-4-3-5-18(14-20)19(21)17-10-8-16(9-11-17)15-6-7-15/h8-11,15,18-19H,2-7,12-14,20H2,1H3. The molecule has 1 saturated heterocycles. The zero-order chi connectivity index (χ0) is 14.7. The molecule has 1 heterocycles. The molecule has 21 heavy (non-hydrogen) atoms. The van der Waals surface area contributed by atoms with E-state index < -0.39 is 0 Å². The fourth-order valence-electron chi connectivity index (χ4n) is 3.97. The summed E-state index contributed by atoms with van der Waals surface area (Å²) in [6.07, 6.45) is 7.94. The van der Waals surface area contributed by atoms with Gasteiger partial charge < -0.3 is 5.73 Å². The number of rotatable bonds is 5. The maximum atomic E-state index is 6.12. The van der Waals surface area contributed by atoms with E-state index in [-0.39, 0.29) is 0 Å². The van der Waals surface area contributed by atoms with Gasteiger partial charge in [-0.3, -0.25) is 4.90 Å². The van der Waals surface area contributed by atoms with Gasteiger partial charge in [-0.1, -0.05) is 37.6 Å². The van der Waals surface area contributed by atoms with Crippen LogP contribution >= 0.6 is 0 Å². The summed E-state index contributed by atoms with van der Waals surface area (Å²) in [5, 5.41) is 0. The molecule has 0 amide bonds. The number of hydrogen-bond donors (Lipinski definition) is 1. The Kier molecular flexibility index (Phi) is 4.97. The number of benzene rings is 1. The van der Waals surface area contributed by atoms with Crippen molar-refractivity contribution in [3.05, 3.63) is 35.4 Å². The lowest BCUT2D eigenvalue weighted by Crippen LogP contribution is -2.36. The van der Waals surface area contributed by atoms with E-state index >= 15 is 0 Å². The first-order valence-electron chi connectivity index (χ1n) is 8.87. The molecular weight excluding hydrogens is 256 g/mol. The molecule has 116 valence electrons. The van der Waals surface area contributed by atoms with E-state index in [1.165, 1.54) is 57.2 Å². The Bertz CT molecular complexity index is 435. The minimum absolute atomic E-state index is 0.533. The average molecular weight is 286 g/mol. The van der Waals surface area contributed by atoms with Crippen LogP contribution < -0.4 is 5.73 Å². The topological polar surface area (TPSA) is 29.3 Å². The highest BCUT2D eigenvalue weighted by Crippen LogP contribution is 2.41. The third-order valence-electron chi connectivity index (χ3n) is 5.25. The lowest BCUT2D eigenvalue weighted by atomic mass is 9.88. The van der Waals surface area contributed by atoms with Gasteiger partial charge in [0.2, 0.25) is 0 Å². The van der Waals surface area contributed by atoms with Gasteiger partial charge in [0.25, 0.3) is 0 Å². The molecule has 0 bridgehead atoms. The first kappa shape index (κ1) is 15.1. The van der Waals surface area contributed by atoms with Gasteiger partial charge in [-0.15, -0.1) is 0 Å². The fraction of sp³-hybridized carbons (Fsp3) is 0.684. The van der Waals surface area contributed by atoms with Crippen LogP contribution in [-0.2, 0) is 0 Å². The van der Waals surface area contributed by atoms with E-state index in [1.807, 2.05) is 0 Å². The van der Waals surface area contributed by atoms with E-state index in [1.54, 1.807) is 5.56 Å². The summed E-state index contributed by atoms with van der Waals surface area (Å²) < 4.78 is 0. The van der Waals surface area contributed by atoms with Crippen molar-refractivity contribution >= 4 is 0 Å². The van der Waals surface area contributed by atoms with Crippen LogP contribution in [0.5, 0.6) is 0 Å². The Hall–Kier alpha value is -0.860. The van der Waals surface area contributed by atoms with Gasteiger partial charge in [0.15, 0.2) is 0 Å². The number of nitrogens with two attached hydrogens (primary N) is 1. The molecule has 2 nitrogen and oxygen atoms in total. The largest absolute Gasteiger partial charge is 0.330 e. The maximum absolute atomic E-state index is 6.12.